The lowest BCUT2D eigenvalue weighted by Crippen LogP contribution is -2.27. The summed E-state index contributed by atoms with van der Waals surface area (Å²) in [6, 6.07) is 1.66. The zero-order valence-electron chi connectivity index (χ0n) is 9.61. The maximum absolute atomic E-state index is 13.7. The van der Waals surface area contributed by atoms with E-state index in [1.165, 1.54) is 11.8 Å². The van der Waals surface area contributed by atoms with Crippen LogP contribution in [0, 0.1) is 11.6 Å². The average Bonchev–Trinajstić information content (AvgIpc) is 2.29. The molecule has 2 N–H and O–H groups in total. The highest BCUT2D eigenvalue weighted by Gasteiger charge is 2.22. The molecule has 0 aliphatic heterocycles. The van der Waals surface area contributed by atoms with Gasteiger partial charge in [0.15, 0.2) is 5.82 Å². The van der Waals surface area contributed by atoms with Gasteiger partial charge in [-0.15, -0.1) is 0 Å². The standard InChI is InChI=1S/C10H13F2NO3S2/c1-17-5-4-13-18(15,16)9-3-2-8(11)7(6-14)10(9)12/h2-3,13-14H,4-6H2,1H3. The number of aliphatic hydroxyl groups excluding tert-OH is 1. The molecule has 1 aromatic rings. The summed E-state index contributed by atoms with van der Waals surface area (Å²) in [6.45, 7) is -0.749. The maximum atomic E-state index is 13.7. The molecule has 1 rings (SSSR count). The molecule has 1 aromatic carbocycles. The van der Waals surface area contributed by atoms with Crippen LogP contribution < -0.4 is 4.72 Å². The Kier molecular flexibility index (Phi) is 5.51. The van der Waals surface area contributed by atoms with Gasteiger partial charge in [0, 0.05) is 12.3 Å². The van der Waals surface area contributed by atoms with Crippen LogP contribution in [0.1, 0.15) is 5.56 Å². The van der Waals surface area contributed by atoms with E-state index in [0.29, 0.717) is 5.75 Å². The van der Waals surface area contributed by atoms with Gasteiger partial charge in [-0.1, -0.05) is 0 Å². The van der Waals surface area contributed by atoms with E-state index < -0.39 is 38.7 Å². The molecule has 0 aliphatic carbocycles. The van der Waals surface area contributed by atoms with E-state index in [2.05, 4.69) is 4.72 Å². The fraction of sp³-hybridized carbons (Fsp3) is 0.400. The van der Waals surface area contributed by atoms with Crippen LogP contribution in [-0.4, -0.2) is 32.1 Å². The van der Waals surface area contributed by atoms with Crippen LogP contribution >= 0.6 is 11.8 Å². The number of benzene rings is 1. The summed E-state index contributed by atoms with van der Waals surface area (Å²) in [5.74, 6) is -1.69. The van der Waals surface area contributed by atoms with Gasteiger partial charge in [0.1, 0.15) is 10.7 Å². The summed E-state index contributed by atoms with van der Waals surface area (Å²) >= 11 is 1.43. The van der Waals surface area contributed by atoms with Gasteiger partial charge < -0.3 is 5.11 Å². The minimum absolute atomic E-state index is 0.148. The molecule has 0 amide bonds. The molecule has 102 valence electrons. The molecule has 0 radical (unpaired) electrons. The largest absolute Gasteiger partial charge is 0.391 e. The predicted molar refractivity (Wildman–Crippen MR) is 65.9 cm³/mol. The van der Waals surface area contributed by atoms with E-state index in [1.54, 1.807) is 6.26 Å². The summed E-state index contributed by atoms with van der Waals surface area (Å²) in [5.41, 5.74) is -0.650. The van der Waals surface area contributed by atoms with Crippen LogP contribution in [0.15, 0.2) is 17.0 Å². The molecule has 0 aliphatic rings. The Bertz CT molecular complexity index is 520. The molecule has 0 saturated heterocycles. The molecule has 0 saturated carbocycles. The van der Waals surface area contributed by atoms with Crippen LogP contribution in [0.4, 0.5) is 8.78 Å². The minimum Gasteiger partial charge on any atom is -0.391 e. The highest BCUT2D eigenvalue weighted by atomic mass is 32.2. The highest BCUT2D eigenvalue weighted by molar-refractivity contribution is 7.98. The van der Waals surface area contributed by atoms with Gasteiger partial charge >= 0.3 is 0 Å². The van der Waals surface area contributed by atoms with Crippen LogP contribution in [0.25, 0.3) is 0 Å². The summed E-state index contributed by atoms with van der Waals surface area (Å²) in [7, 11) is -4.03. The Balaban J connectivity index is 3.10. The fourth-order valence-corrected chi connectivity index (χ4v) is 2.85. The molecule has 18 heavy (non-hydrogen) atoms. The first-order valence-electron chi connectivity index (χ1n) is 5.00. The third kappa shape index (κ3) is 3.41. The Morgan fingerprint density at radius 3 is 2.61 bits per heavy atom. The number of hydrogen-bond donors (Lipinski definition) is 2. The highest BCUT2D eigenvalue weighted by Crippen LogP contribution is 2.20. The quantitative estimate of drug-likeness (QED) is 0.772. The molecule has 0 heterocycles. The van der Waals surface area contributed by atoms with Crippen molar-refractivity contribution in [1.29, 1.82) is 0 Å². The van der Waals surface area contributed by atoms with Crippen molar-refractivity contribution in [3.05, 3.63) is 29.3 Å². The Morgan fingerprint density at radius 1 is 1.39 bits per heavy atom. The Hall–Kier alpha value is -0.700. The van der Waals surface area contributed by atoms with Crippen molar-refractivity contribution in [2.45, 2.75) is 11.5 Å². The van der Waals surface area contributed by atoms with E-state index in [1.807, 2.05) is 0 Å². The lowest BCUT2D eigenvalue weighted by molar-refractivity contribution is 0.267. The second-order valence-electron chi connectivity index (χ2n) is 3.39. The first-order chi connectivity index (χ1) is 8.44. The third-order valence-electron chi connectivity index (χ3n) is 2.20. The summed E-state index contributed by atoms with van der Waals surface area (Å²) in [5, 5.41) is 8.81. The van der Waals surface area contributed by atoms with Crippen molar-refractivity contribution in [2.24, 2.45) is 0 Å². The molecule has 0 fully saturated rings. The van der Waals surface area contributed by atoms with Gasteiger partial charge in [-0.2, -0.15) is 11.8 Å². The van der Waals surface area contributed by atoms with Crippen molar-refractivity contribution >= 4 is 21.8 Å². The number of nitrogens with one attached hydrogen (secondary N) is 1. The summed E-state index contributed by atoms with van der Waals surface area (Å²) < 4.78 is 52.5. The van der Waals surface area contributed by atoms with Gasteiger partial charge in [0.05, 0.1) is 12.2 Å². The van der Waals surface area contributed by atoms with Gasteiger partial charge in [0.2, 0.25) is 10.0 Å². The molecule has 0 bridgehead atoms. The molecule has 0 unspecified atom stereocenters. The zero-order valence-corrected chi connectivity index (χ0v) is 11.2. The van der Waals surface area contributed by atoms with Crippen molar-refractivity contribution < 1.29 is 22.3 Å². The fourth-order valence-electron chi connectivity index (χ4n) is 1.28. The summed E-state index contributed by atoms with van der Waals surface area (Å²) in [6.07, 6.45) is 1.80. The molecule has 8 heteroatoms. The average molecular weight is 297 g/mol. The van der Waals surface area contributed by atoms with E-state index in [4.69, 9.17) is 5.11 Å². The monoisotopic (exact) mass is 297 g/mol. The second kappa shape index (κ2) is 6.46. The van der Waals surface area contributed by atoms with E-state index in [-0.39, 0.29) is 6.54 Å². The van der Waals surface area contributed by atoms with Crippen LogP contribution in [-0.2, 0) is 16.6 Å². The normalized spacial score (nSPS) is 11.8. The lowest BCUT2D eigenvalue weighted by atomic mass is 10.2. The Labute approximate surface area is 108 Å². The van der Waals surface area contributed by atoms with E-state index in [0.717, 1.165) is 12.1 Å². The molecular weight excluding hydrogens is 284 g/mol. The van der Waals surface area contributed by atoms with Crippen molar-refractivity contribution in [3.63, 3.8) is 0 Å². The molecule has 4 nitrogen and oxygen atoms in total. The number of hydrogen-bond acceptors (Lipinski definition) is 4. The van der Waals surface area contributed by atoms with Crippen molar-refractivity contribution in [2.75, 3.05) is 18.6 Å². The first kappa shape index (κ1) is 15.4. The second-order valence-corrected chi connectivity index (χ2v) is 6.11. The Morgan fingerprint density at radius 2 is 2.06 bits per heavy atom. The van der Waals surface area contributed by atoms with Gasteiger partial charge in [0.25, 0.3) is 0 Å². The van der Waals surface area contributed by atoms with Gasteiger partial charge in [-0.05, 0) is 18.4 Å². The molecule has 0 atom stereocenters. The molecule has 0 spiro atoms. The van der Waals surface area contributed by atoms with Crippen LogP contribution in [0.5, 0.6) is 0 Å². The van der Waals surface area contributed by atoms with Crippen LogP contribution in [0.2, 0.25) is 0 Å². The number of halogens is 2. The topological polar surface area (TPSA) is 66.4 Å². The number of sulfonamides is 1. The SMILES string of the molecule is CSCCNS(=O)(=O)c1ccc(F)c(CO)c1F. The van der Waals surface area contributed by atoms with E-state index >= 15 is 0 Å². The number of rotatable bonds is 6. The lowest BCUT2D eigenvalue weighted by Gasteiger charge is -2.09. The predicted octanol–water partition coefficient (Wildman–Crippen LogP) is 1.10. The van der Waals surface area contributed by atoms with Crippen molar-refractivity contribution in [3.8, 4) is 0 Å². The zero-order chi connectivity index (χ0) is 13.8. The molecular formula is C10H13F2NO3S2. The third-order valence-corrected chi connectivity index (χ3v) is 4.29. The van der Waals surface area contributed by atoms with Gasteiger partial charge in [-0.3, -0.25) is 0 Å². The molecule has 0 aromatic heterocycles. The number of aliphatic hydroxyl groups is 1. The van der Waals surface area contributed by atoms with Crippen LogP contribution in [0.3, 0.4) is 0 Å². The van der Waals surface area contributed by atoms with Crippen molar-refractivity contribution in [1.82, 2.24) is 4.72 Å². The summed E-state index contributed by atoms with van der Waals surface area (Å²) in [4.78, 5) is -0.658. The minimum atomic E-state index is -4.03. The number of thioether (sulfide) groups is 1. The maximum Gasteiger partial charge on any atom is 0.243 e. The smallest absolute Gasteiger partial charge is 0.243 e. The first-order valence-corrected chi connectivity index (χ1v) is 7.88. The van der Waals surface area contributed by atoms with Gasteiger partial charge in [-0.25, -0.2) is 21.9 Å². The van der Waals surface area contributed by atoms with E-state index in [9.17, 15) is 17.2 Å².